The van der Waals surface area contributed by atoms with Crippen molar-refractivity contribution in [2.75, 3.05) is 6.61 Å². The van der Waals surface area contributed by atoms with E-state index in [0.717, 1.165) is 9.13 Å². The lowest BCUT2D eigenvalue weighted by Gasteiger charge is -2.15. The zero-order chi connectivity index (χ0) is 24.0. The van der Waals surface area contributed by atoms with Gasteiger partial charge in [-0.25, -0.2) is 5.43 Å². The first-order chi connectivity index (χ1) is 15.8. The SMILES string of the molecule is CCOc1cc(/C=N/NC(=O)c2ccc(Cl)cc2Cl)cc(I)c1OCc1ccc(Cl)cc1Cl. The monoisotopic (exact) mass is 636 g/mol. The maximum atomic E-state index is 12.3. The second kappa shape index (κ2) is 12.1. The van der Waals surface area contributed by atoms with Crippen LogP contribution in [-0.2, 0) is 6.61 Å². The number of halogens is 5. The number of ether oxygens (including phenoxy) is 2. The van der Waals surface area contributed by atoms with Crippen LogP contribution in [0.5, 0.6) is 11.5 Å². The normalized spacial score (nSPS) is 11.0. The average molecular weight is 638 g/mol. The maximum Gasteiger partial charge on any atom is 0.272 e. The highest BCUT2D eigenvalue weighted by atomic mass is 127. The minimum Gasteiger partial charge on any atom is -0.490 e. The molecule has 0 aliphatic rings. The molecule has 1 N–H and O–H groups in total. The van der Waals surface area contributed by atoms with Crippen LogP contribution in [0.25, 0.3) is 0 Å². The van der Waals surface area contributed by atoms with E-state index in [-0.39, 0.29) is 17.2 Å². The van der Waals surface area contributed by atoms with E-state index in [4.69, 9.17) is 55.9 Å². The highest BCUT2D eigenvalue weighted by Gasteiger charge is 2.14. The van der Waals surface area contributed by atoms with Crippen molar-refractivity contribution in [1.82, 2.24) is 5.43 Å². The Balaban J connectivity index is 1.74. The molecule has 0 radical (unpaired) electrons. The summed E-state index contributed by atoms with van der Waals surface area (Å²) in [6.45, 7) is 2.57. The number of hydrogen-bond donors (Lipinski definition) is 1. The summed E-state index contributed by atoms with van der Waals surface area (Å²) in [4.78, 5) is 12.3. The van der Waals surface area contributed by atoms with Gasteiger partial charge in [-0.15, -0.1) is 0 Å². The van der Waals surface area contributed by atoms with Crippen LogP contribution in [0.3, 0.4) is 0 Å². The summed E-state index contributed by atoms with van der Waals surface area (Å²) < 4.78 is 12.6. The molecule has 0 heterocycles. The highest BCUT2D eigenvalue weighted by molar-refractivity contribution is 14.1. The topological polar surface area (TPSA) is 59.9 Å². The van der Waals surface area contributed by atoms with Crippen LogP contribution >= 0.6 is 69.0 Å². The molecule has 0 aromatic heterocycles. The molecule has 0 atom stereocenters. The van der Waals surface area contributed by atoms with Crippen molar-refractivity contribution >= 4 is 81.1 Å². The fourth-order valence-corrected chi connectivity index (χ4v) is 4.49. The minimum atomic E-state index is -0.451. The van der Waals surface area contributed by atoms with E-state index in [1.165, 1.54) is 18.3 Å². The third-order valence-corrected chi connectivity index (χ3v) is 6.21. The molecule has 0 fully saturated rings. The Morgan fingerprint density at radius 3 is 2.36 bits per heavy atom. The van der Waals surface area contributed by atoms with Gasteiger partial charge < -0.3 is 9.47 Å². The molecule has 0 saturated carbocycles. The van der Waals surface area contributed by atoms with Crippen molar-refractivity contribution in [3.05, 3.63) is 88.9 Å². The van der Waals surface area contributed by atoms with Crippen LogP contribution < -0.4 is 14.9 Å². The third-order valence-electron chi connectivity index (χ3n) is 4.27. The quantitative estimate of drug-likeness (QED) is 0.157. The molecular formula is C23H17Cl4IN2O3. The van der Waals surface area contributed by atoms with E-state index in [0.29, 0.717) is 38.7 Å². The van der Waals surface area contributed by atoms with Crippen molar-refractivity contribution in [3.8, 4) is 11.5 Å². The summed E-state index contributed by atoms with van der Waals surface area (Å²) in [5.41, 5.74) is 4.23. The first-order valence-corrected chi connectivity index (χ1v) is 12.2. The van der Waals surface area contributed by atoms with E-state index in [1.54, 1.807) is 24.3 Å². The number of rotatable bonds is 8. The van der Waals surface area contributed by atoms with Gasteiger partial charge in [0.05, 0.1) is 27.0 Å². The minimum absolute atomic E-state index is 0.241. The van der Waals surface area contributed by atoms with E-state index in [1.807, 2.05) is 19.1 Å². The van der Waals surface area contributed by atoms with Gasteiger partial charge in [-0.1, -0.05) is 52.5 Å². The third kappa shape index (κ3) is 7.13. The summed E-state index contributed by atoms with van der Waals surface area (Å²) >= 11 is 26.3. The van der Waals surface area contributed by atoms with Crippen molar-refractivity contribution < 1.29 is 14.3 Å². The smallest absolute Gasteiger partial charge is 0.272 e. The van der Waals surface area contributed by atoms with Crippen LogP contribution in [0.2, 0.25) is 20.1 Å². The van der Waals surface area contributed by atoms with E-state index >= 15 is 0 Å². The molecule has 33 heavy (non-hydrogen) atoms. The van der Waals surface area contributed by atoms with Gasteiger partial charge in [0, 0.05) is 20.6 Å². The summed E-state index contributed by atoms with van der Waals surface area (Å²) in [6.07, 6.45) is 1.51. The molecule has 3 aromatic rings. The van der Waals surface area contributed by atoms with E-state index < -0.39 is 5.91 Å². The average Bonchev–Trinajstić information content (AvgIpc) is 2.74. The van der Waals surface area contributed by atoms with Gasteiger partial charge in [-0.05, 0) is 77.5 Å². The standard InChI is InChI=1S/C23H17Cl4IN2O3/c1-2-32-21-8-13(11-29-30-23(31)17-6-5-16(25)10-19(17)27)7-20(28)22(21)33-12-14-3-4-15(24)9-18(14)26/h3-11H,2,12H2,1H3,(H,30,31)/b29-11+. The fraction of sp³-hybridized carbons (Fsp3) is 0.130. The number of carbonyl (C=O) groups excluding carboxylic acids is 1. The first-order valence-electron chi connectivity index (χ1n) is 9.60. The fourth-order valence-electron chi connectivity index (χ4n) is 2.75. The van der Waals surface area contributed by atoms with Crippen molar-refractivity contribution in [2.45, 2.75) is 13.5 Å². The molecule has 5 nitrogen and oxygen atoms in total. The lowest BCUT2D eigenvalue weighted by atomic mass is 10.2. The molecule has 10 heteroatoms. The van der Waals surface area contributed by atoms with Crippen LogP contribution in [0.4, 0.5) is 0 Å². The Morgan fingerprint density at radius 2 is 1.70 bits per heavy atom. The number of nitrogens with zero attached hydrogens (tertiary/aromatic N) is 1. The number of carbonyl (C=O) groups is 1. The van der Waals surface area contributed by atoms with Crippen molar-refractivity contribution in [1.29, 1.82) is 0 Å². The summed E-state index contributed by atoms with van der Waals surface area (Å²) in [7, 11) is 0. The Bertz CT molecular complexity index is 1200. The molecule has 0 saturated heterocycles. The molecular weight excluding hydrogens is 621 g/mol. The summed E-state index contributed by atoms with van der Waals surface area (Å²) in [6, 6.07) is 13.5. The molecule has 3 aromatic carbocycles. The Labute approximate surface area is 225 Å². The van der Waals surface area contributed by atoms with Gasteiger partial charge in [-0.3, -0.25) is 4.79 Å². The second-order valence-corrected chi connectivity index (χ2v) is 9.46. The molecule has 0 aliphatic heterocycles. The largest absolute Gasteiger partial charge is 0.490 e. The zero-order valence-electron chi connectivity index (χ0n) is 17.2. The lowest BCUT2D eigenvalue weighted by molar-refractivity contribution is 0.0955. The highest BCUT2D eigenvalue weighted by Crippen LogP contribution is 2.35. The van der Waals surface area contributed by atoms with Gasteiger partial charge in [0.15, 0.2) is 11.5 Å². The van der Waals surface area contributed by atoms with Crippen LogP contribution in [0.1, 0.15) is 28.4 Å². The van der Waals surface area contributed by atoms with Gasteiger partial charge in [0.1, 0.15) is 6.61 Å². The maximum absolute atomic E-state index is 12.3. The number of hydrazone groups is 1. The molecule has 0 aliphatic carbocycles. The second-order valence-electron chi connectivity index (χ2n) is 6.61. The van der Waals surface area contributed by atoms with Crippen LogP contribution in [0.15, 0.2) is 53.6 Å². The Morgan fingerprint density at radius 1 is 1.00 bits per heavy atom. The summed E-state index contributed by atoms with van der Waals surface area (Å²) in [5, 5.41) is 5.79. The molecule has 0 spiro atoms. The molecule has 172 valence electrons. The molecule has 3 rings (SSSR count). The van der Waals surface area contributed by atoms with Crippen LogP contribution in [-0.4, -0.2) is 18.7 Å². The van der Waals surface area contributed by atoms with Crippen LogP contribution in [0, 0.1) is 3.57 Å². The molecule has 0 unspecified atom stereocenters. The van der Waals surface area contributed by atoms with Gasteiger partial charge in [-0.2, -0.15) is 5.10 Å². The van der Waals surface area contributed by atoms with Gasteiger partial charge in [0.25, 0.3) is 5.91 Å². The number of amides is 1. The van der Waals surface area contributed by atoms with Gasteiger partial charge in [0.2, 0.25) is 0 Å². The molecule has 1 amide bonds. The van der Waals surface area contributed by atoms with Crippen molar-refractivity contribution in [2.24, 2.45) is 5.10 Å². The predicted molar refractivity (Wildman–Crippen MR) is 143 cm³/mol. The Kier molecular flexibility index (Phi) is 9.52. The number of benzene rings is 3. The van der Waals surface area contributed by atoms with E-state index in [9.17, 15) is 4.79 Å². The van der Waals surface area contributed by atoms with Crippen molar-refractivity contribution in [3.63, 3.8) is 0 Å². The van der Waals surface area contributed by atoms with E-state index in [2.05, 4.69) is 33.1 Å². The predicted octanol–water partition coefficient (Wildman–Crippen LogP) is 7.65. The lowest BCUT2D eigenvalue weighted by Crippen LogP contribution is -2.18. The number of nitrogens with one attached hydrogen (secondary N) is 1. The zero-order valence-corrected chi connectivity index (χ0v) is 22.4. The van der Waals surface area contributed by atoms with Gasteiger partial charge >= 0.3 is 0 Å². The Hall–Kier alpha value is -1.71. The molecule has 0 bridgehead atoms. The number of hydrogen-bond acceptors (Lipinski definition) is 4. The summed E-state index contributed by atoms with van der Waals surface area (Å²) in [5.74, 6) is 0.674. The first kappa shape index (κ1) is 25.9.